The number of methoxy groups -OCH3 is 1. The van der Waals surface area contributed by atoms with Crippen LogP contribution in [0, 0.1) is 11.7 Å². The van der Waals surface area contributed by atoms with Crippen LogP contribution in [0.25, 0.3) is 10.2 Å². The van der Waals surface area contributed by atoms with Gasteiger partial charge < -0.3 is 15.0 Å². The number of aromatic nitrogens is 1. The van der Waals surface area contributed by atoms with E-state index in [2.05, 4.69) is 10.3 Å². The molecular formula is C18H16FN3O2S. The zero-order chi connectivity index (χ0) is 17.4. The molecule has 1 aliphatic rings. The summed E-state index contributed by atoms with van der Waals surface area (Å²) in [7, 11) is 1.60. The number of anilines is 2. The molecule has 5 nitrogen and oxygen atoms in total. The molecule has 1 saturated heterocycles. The zero-order valence-electron chi connectivity index (χ0n) is 13.5. The standard InChI is InChI=1S/C18H16FN3O2S/c1-24-14-5-3-13(4-6-14)20-17(23)11-9-22(10-11)18-21-15-7-2-12(19)8-16(15)25-18/h2-8,11H,9-10H2,1H3,(H,20,23). The van der Waals surface area contributed by atoms with E-state index in [1.54, 1.807) is 13.2 Å². The van der Waals surface area contributed by atoms with Gasteiger partial charge in [-0.05, 0) is 42.5 Å². The van der Waals surface area contributed by atoms with Crippen molar-refractivity contribution in [1.82, 2.24) is 4.98 Å². The Hall–Kier alpha value is -2.67. The van der Waals surface area contributed by atoms with Crippen molar-refractivity contribution < 1.29 is 13.9 Å². The molecule has 0 radical (unpaired) electrons. The van der Waals surface area contributed by atoms with E-state index in [1.165, 1.54) is 23.5 Å². The van der Waals surface area contributed by atoms with Gasteiger partial charge >= 0.3 is 0 Å². The Morgan fingerprint density at radius 1 is 1.28 bits per heavy atom. The number of amides is 1. The average Bonchev–Trinajstić information content (AvgIpc) is 2.96. The van der Waals surface area contributed by atoms with Crippen molar-refractivity contribution in [2.45, 2.75) is 0 Å². The van der Waals surface area contributed by atoms with Crippen LogP contribution in [0.3, 0.4) is 0 Å². The van der Waals surface area contributed by atoms with Crippen molar-refractivity contribution in [2.75, 3.05) is 30.4 Å². The number of halogens is 1. The van der Waals surface area contributed by atoms with Crippen molar-refractivity contribution in [2.24, 2.45) is 5.92 Å². The molecule has 0 spiro atoms. The minimum atomic E-state index is -0.261. The van der Waals surface area contributed by atoms with Crippen molar-refractivity contribution in [3.63, 3.8) is 0 Å². The molecule has 1 aliphatic heterocycles. The second kappa shape index (κ2) is 6.33. The number of hydrogen-bond acceptors (Lipinski definition) is 5. The molecular weight excluding hydrogens is 341 g/mol. The van der Waals surface area contributed by atoms with Crippen LogP contribution in [0.15, 0.2) is 42.5 Å². The quantitative estimate of drug-likeness (QED) is 0.776. The Bertz CT molecular complexity index is 920. The number of rotatable bonds is 4. The van der Waals surface area contributed by atoms with E-state index < -0.39 is 0 Å². The highest BCUT2D eigenvalue weighted by atomic mass is 32.1. The van der Waals surface area contributed by atoms with Crippen LogP contribution in [0.5, 0.6) is 5.75 Å². The number of nitrogens with zero attached hydrogens (tertiary/aromatic N) is 2. The molecule has 2 aromatic carbocycles. The van der Waals surface area contributed by atoms with Gasteiger partial charge in [0.15, 0.2) is 5.13 Å². The fraction of sp³-hybridized carbons (Fsp3) is 0.222. The number of carbonyl (C=O) groups is 1. The van der Waals surface area contributed by atoms with Crippen LogP contribution >= 0.6 is 11.3 Å². The second-order valence-electron chi connectivity index (χ2n) is 5.93. The topological polar surface area (TPSA) is 54.5 Å². The number of nitrogens with one attached hydrogen (secondary N) is 1. The molecule has 128 valence electrons. The second-order valence-corrected chi connectivity index (χ2v) is 6.94. The summed E-state index contributed by atoms with van der Waals surface area (Å²) < 4.78 is 19.2. The SMILES string of the molecule is COc1ccc(NC(=O)C2CN(c3nc4ccc(F)cc4s3)C2)cc1. The smallest absolute Gasteiger partial charge is 0.231 e. The molecule has 0 bridgehead atoms. The third-order valence-electron chi connectivity index (χ3n) is 4.22. The number of fused-ring (bicyclic) bond motifs is 1. The molecule has 1 N–H and O–H groups in total. The summed E-state index contributed by atoms with van der Waals surface area (Å²) in [6.07, 6.45) is 0. The number of carbonyl (C=O) groups excluding carboxylic acids is 1. The van der Waals surface area contributed by atoms with Crippen molar-refractivity contribution >= 4 is 38.3 Å². The van der Waals surface area contributed by atoms with Crippen molar-refractivity contribution in [3.05, 3.63) is 48.3 Å². The predicted octanol–water partition coefficient (Wildman–Crippen LogP) is 3.52. The van der Waals surface area contributed by atoms with Gasteiger partial charge in [-0.15, -0.1) is 0 Å². The van der Waals surface area contributed by atoms with E-state index in [1.807, 2.05) is 29.2 Å². The normalized spacial score (nSPS) is 14.4. The summed E-state index contributed by atoms with van der Waals surface area (Å²) in [6, 6.07) is 11.8. The lowest BCUT2D eigenvalue weighted by atomic mass is 10.00. The van der Waals surface area contributed by atoms with Crippen LogP contribution in [-0.4, -0.2) is 31.1 Å². The maximum Gasteiger partial charge on any atom is 0.231 e. The summed E-state index contributed by atoms with van der Waals surface area (Å²) in [5.74, 6) is 0.405. The van der Waals surface area contributed by atoms with Gasteiger partial charge in [-0.25, -0.2) is 9.37 Å². The lowest BCUT2D eigenvalue weighted by Gasteiger charge is -2.37. The highest BCUT2D eigenvalue weighted by Crippen LogP contribution is 2.33. The Kier molecular flexibility index (Phi) is 4.01. The van der Waals surface area contributed by atoms with Gasteiger partial charge in [0.05, 0.1) is 23.2 Å². The summed E-state index contributed by atoms with van der Waals surface area (Å²) in [5, 5.41) is 3.74. The van der Waals surface area contributed by atoms with Crippen LogP contribution in [0.1, 0.15) is 0 Å². The maximum absolute atomic E-state index is 13.3. The molecule has 0 saturated carbocycles. The molecule has 25 heavy (non-hydrogen) atoms. The van der Waals surface area contributed by atoms with E-state index in [9.17, 15) is 9.18 Å². The van der Waals surface area contributed by atoms with Gasteiger partial charge in [0.1, 0.15) is 11.6 Å². The number of ether oxygens (including phenoxy) is 1. The van der Waals surface area contributed by atoms with Gasteiger partial charge in [-0.1, -0.05) is 11.3 Å². The summed E-state index contributed by atoms with van der Waals surface area (Å²) in [6.45, 7) is 1.23. The van der Waals surface area contributed by atoms with Gasteiger partial charge in [-0.3, -0.25) is 4.79 Å². The minimum Gasteiger partial charge on any atom is -0.497 e. The first-order valence-corrected chi connectivity index (χ1v) is 8.70. The molecule has 1 amide bonds. The molecule has 2 heterocycles. The van der Waals surface area contributed by atoms with Crippen molar-refractivity contribution in [3.8, 4) is 5.75 Å². The van der Waals surface area contributed by atoms with Crippen molar-refractivity contribution in [1.29, 1.82) is 0 Å². The number of thiazole rings is 1. The van der Waals surface area contributed by atoms with Crippen LogP contribution in [-0.2, 0) is 4.79 Å². The van der Waals surface area contributed by atoms with E-state index >= 15 is 0 Å². The maximum atomic E-state index is 13.3. The van der Waals surface area contributed by atoms with Gasteiger partial charge in [0, 0.05) is 18.8 Å². The monoisotopic (exact) mass is 357 g/mol. The Balaban J connectivity index is 1.37. The third kappa shape index (κ3) is 3.15. The largest absolute Gasteiger partial charge is 0.497 e. The minimum absolute atomic E-state index is 0.00595. The van der Waals surface area contributed by atoms with Gasteiger partial charge in [-0.2, -0.15) is 0 Å². The van der Waals surface area contributed by atoms with E-state index in [0.717, 1.165) is 26.8 Å². The summed E-state index contributed by atoms with van der Waals surface area (Å²) in [5.41, 5.74) is 1.53. The highest BCUT2D eigenvalue weighted by molar-refractivity contribution is 7.22. The molecule has 1 fully saturated rings. The Morgan fingerprint density at radius 2 is 2.04 bits per heavy atom. The molecule has 3 aromatic rings. The fourth-order valence-electron chi connectivity index (χ4n) is 2.74. The Labute approximate surface area is 148 Å². The number of benzene rings is 2. The van der Waals surface area contributed by atoms with Crippen LogP contribution < -0.4 is 15.0 Å². The summed E-state index contributed by atoms with van der Waals surface area (Å²) in [4.78, 5) is 18.9. The third-order valence-corrected chi connectivity index (χ3v) is 5.30. The molecule has 0 unspecified atom stereocenters. The molecule has 4 rings (SSSR count). The number of hydrogen-bond donors (Lipinski definition) is 1. The molecule has 0 aliphatic carbocycles. The first kappa shape index (κ1) is 15.8. The lowest BCUT2D eigenvalue weighted by Crippen LogP contribution is -2.52. The molecule has 7 heteroatoms. The van der Waals surface area contributed by atoms with Crippen LogP contribution in [0.2, 0.25) is 0 Å². The highest BCUT2D eigenvalue weighted by Gasteiger charge is 2.34. The van der Waals surface area contributed by atoms with E-state index in [-0.39, 0.29) is 17.6 Å². The Morgan fingerprint density at radius 3 is 2.76 bits per heavy atom. The zero-order valence-corrected chi connectivity index (χ0v) is 14.3. The van der Waals surface area contributed by atoms with E-state index in [4.69, 9.17) is 4.74 Å². The first-order chi connectivity index (χ1) is 12.1. The first-order valence-electron chi connectivity index (χ1n) is 7.88. The van der Waals surface area contributed by atoms with E-state index in [0.29, 0.717) is 13.1 Å². The van der Waals surface area contributed by atoms with Gasteiger partial charge in [0.2, 0.25) is 5.91 Å². The summed E-state index contributed by atoms with van der Waals surface area (Å²) >= 11 is 1.45. The fourth-order valence-corrected chi connectivity index (χ4v) is 3.75. The lowest BCUT2D eigenvalue weighted by molar-refractivity contribution is -0.120. The average molecular weight is 357 g/mol. The predicted molar refractivity (Wildman–Crippen MR) is 96.9 cm³/mol. The van der Waals surface area contributed by atoms with Gasteiger partial charge in [0.25, 0.3) is 0 Å². The molecule has 0 atom stereocenters. The molecule has 1 aromatic heterocycles. The van der Waals surface area contributed by atoms with Crippen LogP contribution in [0.4, 0.5) is 15.2 Å².